The van der Waals surface area contributed by atoms with E-state index in [2.05, 4.69) is 64.5 Å². The van der Waals surface area contributed by atoms with Crippen molar-refractivity contribution in [2.75, 3.05) is 11.4 Å². The lowest BCUT2D eigenvalue weighted by molar-refractivity contribution is -0.122. The average Bonchev–Trinajstić information content (AvgIpc) is 2.83. The molecule has 3 rings (SSSR count). The molecule has 4 nitrogen and oxygen atoms in total. The minimum absolute atomic E-state index is 0.0145. The van der Waals surface area contributed by atoms with Crippen LogP contribution in [0, 0.1) is 19.3 Å². The first kappa shape index (κ1) is 20.5. The van der Waals surface area contributed by atoms with Crippen LogP contribution >= 0.6 is 11.8 Å². The predicted molar refractivity (Wildman–Crippen MR) is 117 cm³/mol. The molecule has 0 aromatic heterocycles. The van der Waals surface area contributed by atoms with Crippen LogP contribution in [-0.2, 0) is 4.79 Å². The zero-order chi connectivity index (χ0) is 20.8. The van der Waals surface area contributed by atoms with Crippen LogP contribution in [0.15, 0.2) is 17.0 Å². The number of anilines is 1. The number of hydrogen-bond acceptors (Lipinski definition) is 4. The normalized spacial score (nSPS) is 22.8. The molecule has 1 aromatic carbocycles. The van der Waals surface area contributed by atoms with Crippen LogP contribution in [0.5, 0.6) is 0 Å². The van der Waals surface area contributed by atoms with Crippen molar-refractivity contribution in [3.8, 4) is 12.3 Å². The third-order valence-corrected chi connectivity index (χ3v) is 6.50. The average molecular weight is 397 g/mol. The van der Waals surface area contributed by atoms with Crippen LogP contribution in [0.25, 0.3) is 6.08 Å². The van der Waals surface area contributed by atoms with Crippen LogP contribution in [0.2, 0.25) is 0 Å². The van der Waals surface area contributed by atoms with Gasteiger partial charge in [-0.15, -0.1) is 6.42 Å². The van der Waals surface area contributed by atoms with Gasteiger partial charge in [0, 0.05) is 17.3 Å². The van der Waals surface area contributed by atoms with E-state index < -0.39 is 0 Å². The molecule has 0 unspecified atom stereocenters. The molecule has 5 heteroatoms. The summed E-state index contributed by atoms with van der Waals surface area (Å²) in [6, 6.07) is 4.81. The number of terminal acetylenes is 1. The van der Waals surface area contributed by atoms with Gasteiger partial charge in [0.25, 0.3) is 11.1 Å². The zero-order valence-electron chi connectivity index (χ0n) is 17.5. The highest BCUT2D eigenvalue weighted by atomic mass is 32.2. The van der Waals surface area contributed by atoms with Crippen molar-refractivity contribution in [3.05, 3.63) is 33.7 Å². The van der Waals surface area contributed by atoms with Crippen molar-refractivity contribution in [3.63, 3.8) is 0 Å². The lowest BCUT2D eigenvalue weighted by atomic mass is 9.78. The van der Waals surface area contributed by atoms with E-state index in [9.17, 15) is 9.59 Å². The van der Waals surface area contributed by atoms with E-state index >= 15 is 0 Å². The van der Waals surface area contributed by atoms with Crippen molar-refractivity contribution < 1.29 is 9.59 Å². The van der Waals surface area contributed by atoms with Gasteiger partial charge in [0.05, 0.1) is 11.4 Å². The van der Waals surface area contributed by atoms with E-state index in [1.54, 1.807) is 0 Å². The summed E-state index contributed by atoms with van der Waals surface area (Å²) in [4.78, 5) is 28.6. The summed E-state index contributed by atoms with van der Waals surface area (Å²) in [6.45, 7) is 13.4. The first-order valence-corrected chi connectivity index (χ1v) is 10.5. The Morgan fingerprint density at radius 3 is 2.64 bits per heavy atom. The highest BCUT2D eigenvalue weighted by Crippen LogP contribution is 2.46. The highest BCUT2D eigenvalue weighted by Gasteiger charge is 2.38. The monoisotopic (exact) mass is 396 g/mol. The van der Waals surface area contributed by atoms with Crippen LogP contribution in [-0.4, -0.2) is 34.2 Å². The summed E-state index contributed by atoms with van der Waals surface area (Å²) in [5, 5.41) is -0.300. The Morgan fingerprint density at radius 2 is 2.04 bits per heavy atom. The Bertz CT molecular complexity index is 908. The van der Waals surface area contributed by atoms with Crippen molar-refractivity contribution in [1.82, 2.24) is 4.90 Å². The molecular weight excluding hydrogens is 368 g/mol. The number of benzene rings is 1. The predicted octanol–water partition coefficient (Wildman–Crippen LogP) is 5.17. The van der Waals surface area contributed by atoms with Crippen molar-refractivity contribution >= 4 is 34.7 Å². The first-order chi connectivity index (χ1) is 13.1. The van der Waals surface area contributed by atoms with Gasteiger partial charge in [-0.25, -0.2) is 0 Å². The van der Waals surface area contributed by atoms with Gasteiger partial charge < -0.3 is 4.90 Å². The fourth-order valence-electron chi connectivity index (χ4n) is 4.62. The molecule has 0 radical (unpaired) electrons. The van der Waals surface area contributed by atoms with Gasteiger partial charge in [-0.3, -0.25) is 14.5 Å². The van der Waals surface area contributed by atoms with E-state index in [1.807, 2.05) is 6.08 Å². The fraction of sp³-hybridized carbons (Fsp3) is 0.478. The van der Waals surface area contributed by atoms with E-state index in [0.29, 0.717) is 16.9 Å². The Balaban J connectivity index is 2.05. The van der Waals surface area contributed by atoms with Crippen molar-refractivity contribution in [2.45, 2.75) is 65.5 Å². The third kappa shape index (κ3) is 3.46. The van der Waals surface area contributed by atoms with E-state index in [0.717, 1.165) is 34.2 Å². The molecule has 1 aromatic rings. The molecule has 2 heterocycles. The molecular formula is C23H28N2O2S. The molecule has 1 saturated heterocycles. The second-order valence-electron chi connectivity index (χ2n) is 8.62. The number of hydrogen-bond donors (Lipinski definition) is 0. The summed E-state index contributed by atoms with van der Waals surface area (Å²) in [5.74, 6) is 2.49. The molecule has 2 aliphatic rings. The lowest BCUT2D eigenvalue weighted by Gasteiger charge is -2.50. The third-order valence-electron chi connectivity index (χ3n) is 5.59. The topological polar surface area (TPSA) is 40.6 Å². The SMILES string of the molecule is C#CCN1C(=O)S/C(=C\c2cc3c(cc2C)N(C(C)C)C(C)(C)C[C@H]3C)C1=O. The summed E-state index contributed by atoms with van der Waals surface area (Å²) in [7, 11) is 0. The lowest BCUT2D eigenvalue weighted by Crippen LogP contribution is -2.51. The Labute approximate surface area is 172 Å². The number of fused-ring (bicyclic) bond motifs is 1. The number of amides is 2. The first-order valence-electron chi connectivity index (χ1n) is 9.69. The largest absolute Gasteiger partial charge is 0.364 e. The second-order valence-corrected chi connectivity index (χ2v) is 9.61. The molecule has 2 aliphatic heterocycles. The quantitative estimate of drug-likeness (QED) is 0.522. The van der Waals surface area contributed by atoms with Crippen LogP contribution < -0.4 is 4.90 Å². The number of carbonyl (C=O) groups excluding carboxylic acids is 2. The molecule has 28 heavy (non-hydrogen) atoms. The molecule has 0 N–H and O–H groups in total. The number of aryl methyl sites for hydroxylation is 1. The highest BCUT2D eigenvalue weighted by molar-refractivity contribution is 8.18. The molecule has 148 valence electrons. The molecule has 1 atom stereocenters. The molecule has 0 spiro atoms. The molecule has 0 saturated carbocycles. The maximum atomic E-state index is 12.5. The standard InChI is InChI=1S/C23H28N2O2S/c1-8-9-24-21(26)20(28-22(24)27)12-17-11-18-16(5)13-23(6,7)25(14(2)3)19(18)10-15(17)4/h1,10-12,14,16H,9,13H2,2-7H3/b20-12-/t16-/m1/s1. The molecule has 0 bridgehead atoms. The second kappa shape index (κ2) is 7.33. The van der Waals surface area contributed by atoms with Gasteiger partial charge in [0.15, 0.2) is 0 Å². The summed E-state index contributed by atoms with van der Waals surface area (Å²) < 4.78 is 0. The van der Waals surface area contributed by atoms with Gasteiger partial charge in [-0.1, -0.05) is 12.8 Å². The van der Waals surface area contributed by atoms with Gasteiger partial charge >= 0.3 is 0 Å². The van der Waals surface area contributed by atoms with Crippen molar-refractivity contribution in [1.29, 1.82) is 0 Å². The van der Waals surface area contributed by atoms with E-state index in [-0.39, 0.29) is 23.2 Å². The van der Waals surface area contributed by atoms with Gasteiger partial charge in [0.2, 0.25) is 0 Å². The smallest absolute Gasteiger partial charge is 0.294 e. The van der Waals surface area contributed by atoms with E-state index in [1.165, 1.54) is 11.3 Å². The molecule has 0 aliphatic carbocycles. The maximum Gasteiger partial charge on any atom is 0.294 e. The van der Waals surface area contributed by atoms with Crippen LogP contribution in [0.3, 0.4) is 0 Å². The van der Waals surface area contributed by atoms with Crippen LogP contribution in [0.1, 0.15) is 63.6 Å². The van der Waals surface area contributed by atoms with E-state index in [4.69, 9.17) is 6.42 Å². The number of nitrogens with zero attached hydrogens (tertiary/aromatic N) is 2. The van der Waals surface area contributed by atoms with Gasteiger partial charge in [-0.05, 0) is 93.6 Å². The minimum atomic E-state index is -0.303. The Hall–Kier alpha value is -2.19. The Kier molecular flexibility index (Phi) is 5.38. The number of thioether (sulfide) groups is 1. The van der Waals surface area contributed by atoms with Crippen molar-refractivity contribution in [2.24, 2.45) is 0 Å². The summed E-state index contributed by atoms with van der Waals surface area (Å²) in [6.07, 6.45) is 8.18. The minimum Gasteiger partial charge on any atom is -0.364 e. The number of rotatable bonds is 3. The summed E-state index contributed by atoms with van der Waals surface area (Å²) in [5.41, 5.74) is 4.74. The molecule has 2 amide bonds. The van der Waals surface area contributed by atoms with Gasteiger partial charge in [-0.2, -0.15) is 0 Å². The number of carbonyl (C=O) groups is 2. The fourth-order valence-corrected chi connectivity index (χ4v) is 5.44. The Morgan fingerprint density at radius 1 is 1.36 bits per heavy atom. The summed E-state index contributed by atoms with van der Waals surface area (Å²) >= 11 is 0.961. The molecule has 1 fully saturated rings. The zero-order valence-corrected chi connectivity index (χ0v) is 18.3. The van der Waals surface area contributed by atoms with Gasteiger partial charge in [0.1, 0.15) is 0 Å². The number of imide groups is 1. The van der Waals surface area contributed by atoms with Crippen LogP contribution in [0.4, 0.5) is 10.5 Å². The maximum absolute atomic E-state index is 12.5.